The van der Waals surface area contributed by atoms with Crippen molar-refractivity contribution >= 4 is 22.7 Å². The molecule has 4 aromatic rings. The number of para-hydroxylation sites is 2. The summed E-state index contributed by atoms with van der Waals surface area (Å²) >= 11 is 0. The lowest BCUT2D eigenvalue weighted by Crippen LogP contribution is -2.01. The van der Waals surface area contributed by atoms with Gasteiger partial charge in [0.15, 0.2) is 23.0 Å². The molecule has 4 aromatic carbocycles. The molecule has 0 spiro atoms. The van der Waals surface area contributed by atoms with Gasteiger partial charge >= 0.3 is 0 Å². The lowest BCUT2D eigenvalue weighted by Gasteiger charge is -2.11. The van der Waals surface area contributed by atoms with Crippen molar-refractivity contribution in [1.29, 1.82) is 10.5 Å². The predicted molar refractivity (Wildman–Crippen MR) is 186 cm³/mol. The predicted octanol–water partition coefficient (Wildman–Crippen LogP) is 8.45. The summed E-state index contributed by atoms with van der Waals surface area (Å²) in [4.78, 5) is 0. The Morgan fingerprint density at radius 1 is 0.681 bits per heavy atom. The number of hydrogen-bond donors (Lipinski definition) is 3. The van der Waals surface area contributed by atoms with E-state index in [1.54, 1.807) is 38.5 Å². The van der Waals surface area contributed by atoms with E-state index in [0.717, 1.165) is 37.1 Å². The highest BCUT2D eigenvalue weighted by Gasteiger charge is 2.12. The maximum atomic E-state index is 9.29. The van der Waals surface area contributed by atoms with Crippen molar-refractivity contribution in [2.75, 3.05) is 44.3 Å². The number of nitrogens with one attached hydrogen (secondary N) is 1. The van der Waals surface area contributed by atoms with Gasteiger partial charge in [0.05, 0.1) is 49.9 Å². The van der Waals surface area contributed by atoms with E-state index in [9.17, 15) is 5.26 Å². The molecule has 5 N–H and O–H groups in total. The van der Waals surface area contributed by atoms with E-state index in [4.69, 9.17) is 35.7 Å². The van der Waals surface area contributed by atoms with Gasteiger partial charge in [-0.05, 0) is 37.1 Å². The van der Waals surface area contributed by atoms with Crippen LogP contribution in [0, 0.1) is 22.7 Å². The SMILES string of the molecule is CCCCOc1cc(N)c(C#N)cc1OC.CCCCOc1cc(N=NNc2ccccc2)c(C#N)cc1OC.Nc1ccccc1. The molecule has 0 amide bonds. The van der Waals surface area contributed by atoms with Crippen LogP contribution >= 0.6 is 0 Å². The topological polar surface area (TPSA) is 173 Å². The van der Waals surface area contributed by atoms with E-state index >= 15 is 0 Å². The Labute approximate surface area is 277 Å². The zero-order chi connectivity index (χ0) is 34.3. The zero-order valence-electron chi connectivity index (χ0n) is 27.4. The number of ether oxygens (including phenoxy) is 4. The molecule has 0 aromatic heterocycles. The summed E-state index contributed by atoms with van der Waals surface area (Å²) < 4.78 is 21.7. The molecule has 0 radical (unpaired) electrons. The Kier molecular flexibility index (Phi) is 17.2. The van der Waals surface area contributed by atoms with Gasteiger partial charge < -0.3 is 30.4 Å². The third kappa shape index (κ3) is 13.3. The molecule has 0 heterocycles. The van der Waals surface area contributed by atoms with Gasteiger partial charge in [-0.25, -0.2) is 0 Å². The average Bonchev–Trinajstić information content (AvgIpc) is 3.10. The largest absolute Gasteiger partial charge is 0.493 e. The Bertz CT molecular complexity index is 1600. The molecule has 0 aliphatic heterocycles. The second-order valence-corrected chi connectivity index (χ2v) is 9.83. The number of hydrogen-bond acceptors (Lipinski definition) is 10. The summed E-state index contributed by atoms with van der Waals surface area (Å²) in [6.07, 6.45) is 4.01. The van der Waals surface area contributed by atoms with Crippen LogP contribution in [0.2, 0.25) is 0 Å². The maximum Gasteiger partial charge on any atom is 0.163 e. The first kappa shape index (κ1) is 37.2. The number of unbranched alkanes of at least 4 members (excludes halogenated alkanes) is 2. The van der Waals surface area contributed by atoms with Crippen LogP contribution in [-0.4, -0.2) is 27.4 Å². The molecule has 11 nitrogen and oxygen atoms in total. The van der Waals surface area contributed by atoms with E-state index < -0.39 is 0 Å². The van der Waals surface area contributed by atoms with E-state index in [0.29, 0.717) is 58.7 Å². The summed E-state index contributed by atoms with van der Waals surface area (Å²) in [6.45, 7) is 5.39. The van der Waals surface area contributed by atoms with Crippen molar-refractivity contribution in [3.63, 3.8) is 0 Å². The number of benzene rings is 4. The van der Waals surface area contributed by atoms with Crippen LogP contribution in [0.25, 0.3) is 0 Å². The molecule has 0 unspecified atom stereocenters. The minimum Gasteiger partial charge on any atom is -0.493 e. The Balaban J connectivity index is 0.000000284. The van der Waals surface area contributed by atoms with Crippen LogP contribution in [-0.2, 0) is 0 Å². The van der Waals surface area contributed by atoms with Gasteiger partial charge in [-0.3, -0.25) is 5.43 Å². The van der Waals surface area contributed by atoms with Gasteiger partial charge in [-0.2, -0.15) is 10.5 Å². The first-order valence-corrected chi connectivity index (χ1v) is 15.2. The smallest absolute Gasteiger partial charge is 0.163 e. The number of methoxy groups -OCH3 is 2. The highest BCUT2D eigenvalue weighted by molar-refractivity contribution is 5.63. The fourth-order valence-corrected chi connectivity index (χ4v) is 3.69. The van der Waals surface area contributed by atoms with Crippen molar-refractivity contribution < 1.29 is 18.9 Å². The maximum absolute atomic E-state index is 9.29. The third-order valence-electron chi connectivity index (χ3n) is 6.28. The summed E-state index contributed by atoms with van der Waals surface area (Å²) in [7, 11) is 3.08. The van der Waals surface area contributed by atoms with Crippen LogP contribution in [0.4, 0.5) is 22.7 Å². The first-order chi connectivity index (χ1) is 22.9. The van der Waals surface area contributed by atoms with Gasteiger partial charge in [0.25, 0.3) is 0 Å². The number of nitrogen functional groups attached to an aromatic ring is 2. The van der Waals surface area contributed by atoms with Gasteiger partial charge in [-0.1, -0.05) is 68.3 Å². The molecule has 0 saturated carbocycles. The molecule has 0 aliphatic rings. The fraction of sp³-hybridized carbons (Fsp3) is 0.278. The minimum atomic E-state index is 0.369. The monoisotopic (exact) mass is 637 g/mol. The zero-order valence-corrected chi connectivity index (χ0v) is 27.4. The second kappa shape index (κ2) is 21.7. The van der Waals surface area contributed by atoms with Gasteiger partial charge in [0.2, 0.25) is 0 Å². The van der Waals surface area contributed by atoms with Crippen LogP contribution in [0.1, 0.15) is 50.7 Å². The van der Waals surface area contributed by atoms with E-state index in [1.165, 1.54) is 0 Å². The summed E-state index contributed by atoms with van der Waals surface area (Å²) in [5, 5.41) is 26.1. The average molecular weight is 638 g/mol. The van der Waals surface area contributed by atoms with Gasteiger partial charge in [0, 0.05) is 30.0 Å². The molecule has 0 aliphatic carbocycles. The van der Waals surface area contributed by atoms with E-state index in [1.807, 2.05) is 66.7 Å². The molecule has 11 heteroatoms. The standard InChI is InChI=1S/C18H20N4O2.C12H16N2O2.C6H7N/c1-3-4-10-24-18-12-16(14(13-19)11-17(18)23-2)21-22-20-15-8-6-5-7-9-15;1-3-4-5-16-12-7-10(14)9(8-13)6-11(12)15-2;7-6-4-2-1-3-5-6/h5-9,11-12H,3-4,10H2,1-2H3,(H,20,21);6-7H,3-5,14H2,1-2H3;1-5H,7H2. The van der Waals surface area contributed by atoms with Crippen molar-refractivity contribution in [1.82, 2.24) is 0 Å². The summed E-state index contributed by atoms with van der Waals surface area (Å²) in [5.41, 5.74) is 17.1. The Hall–Kier alpha value is -5.94. The molecule has 47 heavy (non-hydrogen) atoms. The number of nitrogens with zero attached hydrogens (tertiary/aromatic N) is 4. The van der Waals surface area contributed by atoms with Crippen LogP contribution < -0.4 is 35.8 Å². The van der Waals surface area contributed by atoms with Crippen LogP contribution in [0.5, 0.6) is 23.0 Å². The van der Waals surface area contributed by atoms with E-state index in [-0.39, 0.29) is 0 Å². The summed E-state index contributed by atoms with van der Waals surface area (Å²) in [5.74, 6) is 2.20. The van der Waals surface area contributed by atoms with Crippen molar-refractivity contribution in [2.45, 2.75) is 39.5 Å². The minimum absolute atomic E-state index is 0.369. The number of nitriles is 2. The first-order valence-electron chi connectivity index (χ1n) is 15.2. The second-order valence-electron chi connectivity index (χ2n) is 9.83. The van der Waals surface area contributed by atoms with Crippen LogP contribution in [0.3, 0.4) is 0 Å². The molecule has 0 fully saturated rings. The highest BCUT2D eigenvalue weighted by Crippen LogP contribution is 2.35. The normalized spacial score (nSPS) is 9.83. The number of nitrogens with two attached hydrogens (primary N) is 2. The van der Waals surface area contributed by atoms with E-state index in [2.05, 4.69) is 35.7 Å². The highest BCUT2D eigenvalue weighted by atomic mass is 16.5. The Morgan fingerprint density at radius 3 is 1.66 bits per heavy atom. The molecule has 0 saturated heterocycles. The summed E-state index contributed by atoms with van der Waals surface area (Å²) in [6, 6.07) is 29.5. The number of rotatable bonds is 13. The Morgan fingerprint density at radius 2 is 1.19 bits per heavy atom. The molecule has 0 bridgehead atoms. The lowest BCUT2D eigenvalue weighted by atomic mass is 10.1. The fourth-order valence-electron chi connectivity index (χ4n) is 3.69. The molecule has 0 atom stereocenters. The van der Waals surface area contributed by atoms with Crippen molar-refractivity contribution in [2.24, 2.45) is 10.3 Å². The van der Waals surface area contributed by atoms with Crippen molar-refractivity contribution in [3.05, 3.63) is 96.1 Å². The number of anilines is 3. The van der Waals surface area contributed by atoms with Crippen LogP contribution in [0.15, 0.2) is 95.3 Å². The molecular formula is C36H43N7O4. The third-order valence-corrected chi connectivity index (χ3v) is 6.28. The van der Waals surface area contributed by atoms with Gasteiger partial charge in [0.1, 0.15) is 17.8 Å². The molecular weight excluding hydrogens is 594 g/mol. The van der Waals surface area contributed by atoms with Gasteiger partial charge in [-0.15, -0.1) is 5.11 Å². The van der Waals surface area contributed by atoms with Crippen molar-refractivity contribution in [3.8, 4) is 35.1 Å². The molecule has 4 rings (SSSR count). The quantitative estimate of drug-likeness (QED) is 0.0562. The molecule has 246 valence electrons. The lowest BCUT2D eigenvalue weighted by molar-refractivity contribution is 0.288.